The van der Waals surface area contributed by atoms with Gasteiger partial charge in [-0.15, -0.1) is 0 Å². The minimum Gasteiger partial charge on any atom is -0.439 e. The molecule has 2 aliphatic heterocycles. The van der Waals surface area contributed by atoms with Crippen LogP contribution < -0.4 is 0 Å². The van der Waals surface area contributed by atoms with E-state index in [4.69, 9.17) is 16.0 Å². The monoisotopic (exact) mass is 439 g/mol. The molecule has 2 saturated heterocycles. The molecule has 1 aromatic carbocycles. The zero-order chi connectivity index (χ0) is 20.8. The smallest absolute Gasteiger partial charge is 0.248 e. The maximum atomic E-state index is 13.5. The number of sulfonamides is 1. The van der Waals surface area contributed by atoms with Gasteiger partial charge in [0.05, 0.1) is 5.02 Å². The van der Waals surface area contributed by atoms with Gasteiger partial charge in [-0.05, 0) is 50.9 Å². The first-order valence-corrected chi connectivity index (χ1v) is 12.3. The summed E-state index contributed by atoms with van der Waals surface area (Å²) in [5.41, 5.74) is 0.473. The molecule has 2 fully saturated rings. The first-order chi connectivity index (χ1) is 13.7. The van der Waals surface area contributed by atoms with Gasteiger partial charge in [0.1, 0.15) is 10.4 Å². The summed E-state index contributed by atoms with van der Waals surface area (Å²) >= 11 is 6.38. The molecular weight excluding hydrogens is 410 g/mol. The van der Waals surface area contributed by atoms with Crippen LogP contribution >= 0.6 is 11.6 Å². The predicted molar refractivity (Wildman–Crippen MR) is 115 cm³/mol. The summed E-state index contributed by atoms with van der Waals surface area (Å²) < 4.78 is 34.5. The fraction of sp³-hybridized carbons (Fsp3) is 0.667. The fourth-order valence-corrected chi connectivity index (χ4v) is 6.45. The Morgan fingerprint density at radius 2 is 1.72 bits per heavy atom. The molecule has 3 heterocycles. The van der Waals surface area contributed by atoms with E-state index in [1.165, 1.54) is 19.3 Å². The second-order valence-electron chi connectivity index (χ2n) is 9.23. The van der Waals surface area contributed by atoms with Gasteiger partial charge in [0, 0.05) is 24.5 Å². The van der Waals surface area contributed by atoms with E-state index >= 15 is 0 Å². The van der Waals surface area contributed by atoms with Gasteiger partial charge >= 0.3 is 0 Å². The first kappa shape index (κ1) is 21.1. The summed E-state index contributed by atoms with van der Waals surface area (Å²) in [6, 6.07) is 3.80. The first-order valence-electron chi connectivity index (χ1n) is 10.5. The lowest BCUT2D eigenvalue weighted by molar-refractivity contribution is 0.118. The summed E-state index contributed by atoms with van der Waals surface area (Å²) in [7, 11) is -3.76. The number of halogens is 1. The molecule has 0 N–H and O–H groups in total. The van der Waals surface area contributed by atoms with E-state index in [1.54, 1.807) is 16.4 Å². The highest BCUT2D eigenvalue weighted by Gasteiger charge is 2.36. The molecule has 2 aliphatic rings. The average Bonchev–Trinajstić information content (AvgIpc) is 3.13. The molecule has 29 heavy (non-hydrogen) atoms. The summed E-state index contributed by atoms with van der Waals surface area (Å²) in [6.07, 6.45) is 5.52. The Balaban J connectivity index is 1.61. The largest absolute Gasteiger partial charge is 0.439 e. The number of oxazole rings is 1. The number of rotatable bonds is 3. The molecule has 0 spiro atoms. The summed E-state index contributed by atoms with van der Waals surface area (Å²) in [5.74, 6) is 0.509. The summed E-state index contributed by atoms with van der Waals surface area (Å²) in [6.45, 7) is 9.25. The number of hydrogen-bond donors (Lipinski definition) is 0. The minimum atomic E-state index is -3.76. The second kappa shape index (κ2) is 7.84. The second-order valence-corrected chi connectivity index (χ2v) is 11.5. The molecule has 160 valence electrons. The third-order valence-electron chi connectivity index (χ3n) is 6.03. The number of benzene rings is 1. The van der Waals surface area contributed by atoms with E-state index in [0.717, 1.165) is 25.9 Å². The molecule has 2 aromatic rings. The normalized spacial score (nSPS) is 21.1. The van der Waals surface area contributed by atoms with Crippen LogP contribution in [0.4, 0.5) is 0 Å². The molecule has 0 atom stereocenters. The molecule has 4 rings (SSSR count). The van der Waals surface area contributed by atoms with E-state index < -0.39 is 10.0 Å². The lowest BCUT2D eigenvalue weighted by atomic mass is 9.97. The number of likely N-dealkylation sites (tertiary alicyclic amines) is 1. The number of nitrogens with zero attached hydrogens (tertiary/aromatic N) is 3. The van der Waals surface area contributed by atoms with Gasteiger partial charge < -0.3 is 9.32 Å². The van der Waals surface area contributed by atoms with Gasteiger partial charge in [0.15, 0.2) is 5.58 Å². The molecule has 8 heteroatoms. The van der Waals surface area contributed by atoms with E-state index in [9.17, 15) is 8.42 Å². The quantitative estimate of drug-likeness (QED) is 0.708. The standard InChI is InChI=1S/C21H30ClN3O3S/c1-21(2,3)20-23-17-8-7-16(22)19(18(17)28-20)29(26,27)25-13-9-15(10-14-25)24-11-5-4-6-12-24/h7-8,15H,4-6,9-14H2,1-3H3. The highest BCUT2D eigenvalue weighted by Crippen LogP contribution is 2.36. The van der Waals surface area contributed by atoms with Gasteiger partial charge in [0.2, 0.25) is 15.9 Å². The Morgan fingerprint density at radius 1 is 1.07 bits per heavy atom. The highest BCUT2D eigenvalue weighted by atomic mass is 35.5. The van der Waals surface area contributed by atoms with Crippen molar-refractivity contribution in [2.24, 2.45) is 0 Å². The van der Waals surface area contributed by atoms with Crippen LogP contribution in [-0.2, 0) is 15.4 Å². The van der Waals surface area contributed by atoms with Crippen molar-refractivity contribution in [3.05, 3.63) is 23.0 Å². The van der Waals surface area contributed by atoms with Crippen LogP contribution in [0.25, 0.3) is 11.1 Å². The van der Waals surface area contributed by atoms with Crippen molar-refractivity contribution < 1.29 is 12.8 Å². The van der Waals surface area contributed by atoms with E-state index in [-0.39, 0.29) is 20.9 Å². The Hall–Kier alpha value is -1.15. The van der Waals surface area contributed by atoms with Crippen molar-refractivity contribution in [2.75, 3.05) is 26.2 Å². The maximum absolute atomic E-state index is 13.5. The summed E-state index contributed by atoms with van der Waals surface area (Å²) in [4.78, 5) is 7.09. The van der Waals surface area contributed by atoms with Crippen LogP contribution in [0.5, 0.6) is 0 Å². The maximum Gasteiger partial charge on any atom is 0.248 e. The Morgan fingerprint density at radius 3 is 2.34 bits per heavy atom. The van der Waals surface area contributed by atoms with E-state index in [0.29, 0.717) is 30.5 Å². The van der Waals surface area contributed by atoms with Crippen LogP contribution in [0.1, 0.15) is 58.8 Å². The molecule has 0 saturated carbocycles. The molecular formula is C21H30ClN3O3S. The molecule has 0 aliphatic carbocycles. The minimum absolute atomic E-state index is 0.0519. The number of fused-ring (bicyclic) bond motifs is 1. The Labute approximate surface area is 178 Å². The van der Waals surface area contributed by atoms with Crippen LogP contribution in [0.15, 0.2) is 21.4 Å². The predicted octanol–water partition coefficient (Wildman–Crippen LogP) is 4.42. The third-order valence-corrected chi connectivity index (χ3v) is 8.43. The van der Waals surface area contributed by atoms with Crippen molar-refractivity contribution in [2.45, 2.75) is 69.2 Å². The lowest BCUT2D eigenvalue weighted by Crippen LogP contribution is -2.48. The molecule has 1 aromatic heterocycles. The Kier molecular flexibility index (Phi) is 5.70. The molecule has 0 radical (unpaired) electrons. The molecule has 0 amide bonds. The highest BCUT2D eigenvalue weighted by molar-refractivity contribution is 7.89. The molecule has 0 unspecified atom stereocenters. The zero-order valence-corrected chi connectivity index (χ0v) is 19.0. The zero-order valence-electron chi connectivity index (χ0n) is 17.4. The van der Waals surface area contributed by atoms with Crippen LogP contribution in [0, 0.1) is 0 Å². The lowest BCUT2D eigenvalue weighted by Gasteiger charge is -2.39. The molecule has 6 nitrogen and oxygen atoms in total. The van der Waals surface area contributed by atoms with Gasteiger partial charge in [0.25, 0.3) is 0 Å². The van der Waals surface area contributed by atoms with Crippen molar-refractivity contribution in [1.82, 2.24) is 14.2 Å². The number of piperidine rings is 2. The SMILES string of the molecule is CC(C)(C)c1nc2ccc(Cl)c(S(=O)(=O)N3CCC(N4CCCCC4)CC3)c2o1. The topological polar surface area (TPSA) is 66.7 Å². The summed E-state index contributed by atoms with van der Waals surface area (Å²) in [5, 5.41) is 0.187. The Bertz CT molecular complexity index is 983. The van der Waals surface area contributed by atoms with Crippen LogP contribution in [0.3, 0.4) is 0 Å². The van der Waals surface area contributed by atoms with Crippen LogP contribution in [-0.4, -0.2) is 54.8 Å². The van der Waals surface area contributed by atoms with E-state index in [1.807, 2.05) is 20.8 Å². The van der Waals surface area contributed by atoms with Crippen molar-refractivity contribution in [3.63, 3.8) is 0 Å². The van der Waals surface area contributed by atoms with Crippen LogP contribution in [0.2, 0.25) is 5.02 Å². The number of hydrogen-bond acceptors (Lipinski definition) is 5. The molecule has 0 bridgehead atoms. The van der Waals surface area contributed by atoms with Gasteiger partial charge in [-0.25, -0.2) is 13.4 Å². The third kappa shape index (κ3) is 4.07. The van der Waals surface area contributed by atoms with Crippen molar-refractivity contribution in [3.8, 4) is 0 Å². The van der Waals surface area contributed by atoms with Crippen molar-refractivity contribution in [1.29, 1.82) is 0 Å². The average molecular weight is 440 g/mol. The van der Waals surface area contributed by atoms with Gasteiger partial charge in [-0.1, -0.05) is 38.8 Å². The van der Waals surface area contributed by atoms with E-state index in [2.05, 4.69) is 9.88 Å². The number of aromatic nitrogens is 1. The van der Waals surface area contributed by atoms with Crippen molar-refractivity contribution >= 4 is 32.7 Å². The fourth-order valence-electron chi connectivity index (χ4n) is 4.37. The van der Waals surface area contributed by atoms with Gasteiger partial charge in [-0.2, -0.15) is 4.31 Å². The van der Waals surface area contributed by atoms with Gasteiger partial charge in [-0.3, -0.25) is 0 Å².